The summed E-state index contributed by atoms with van der Waals surface area (Å²) in [5, 5.41) is 7.16. The molecule has 1 amide bonds. The minimum absolute atomic E-state index is 0.0891. The second kappa shape index (κ2) is 9.80. The number of para-hydroxylation sites is 1. The lowest BCUT2D eigenvalue weighted by atomic mass is 10.1. The molecule has 0 aliphatic rings. The Morgan fingerprint density at radius 1 is 1.00 bits per heavy atom. The molecule has 0 atom stereocenters. The minimum Gasteiger partial charge on any atom is -0.456 e. The predicted molar refractivity (Wildman–Crippen MR) is 113 cm³/mol. The first kappa shape index (κ1) is 21.9. The quantitative estimate of drug-likeness (QED) is 0.440. The van der Waals surface area contributed by atoms with E-state index in [2.05, 4.69) is 10.4 Å². The van der Waals surface area contributed by atoms with Crippen LogP contribution < -0.4 is 5.32 Å². The van der Waals surface area contributed by atoms with Crippen molar-refractivity contribution in [3.8, 4) is 5.69 Å². The van der Waals surface area contributed by atoms with Gasteiger partial charge in [-0.15, -0.1) is 0 Å². The van der Waals surface area contributed by atoms with Gasteiger partial charge in [0.25, 0.3) is 5.91 Å². The fourth-order valence-electron chi connectivity index (χ4n) is 3.03. The number of amides is 1. The van der Waals surface area contributed by atoms with Gasteiger partial charge >= 0.3 is 5.97 Å². The number of rotatable bonds is 8. The van der Waals surface area contributed by atoms with Crippen molar-refractivity contribution in [2.45, 2.75) is 26.7 Å². The molecule has 0 saturated heterocycles. The van der Waals surface area contributed by atoms with Gasteiger partial charge in [0.1, 0.15) is 5.82 Å². The van der Waals surface area contributed by atoms with E-state index in [-0.39, 0.29) is 18.6 Å². The van der Waals surface area contributed by atoms with Crippen molar-refractivity contribution in [2.24, 2.45) is 0 Å². The molecular formula is C23H22FN3O4. The Balaban J connectivity index is 1.50. The Kier molecular flexibility index (Phi) is 6.92. The van der Waals surface area contributed by atoms with Crippen LogP contribution in [0.5, 0.6) is 0 Å². The molecule has 1 heterocycles. The number of nitrogens with one attached hydrogen (secondary N) is 1. The van der Waals surface area contributed by atoms with Gasteiger partial charge < -0.3 is 10.1 Å². The average Bonchev–Trinajstić information content (AvgIpc) is 3.05. The normalized spacial score (nSPS) is 10.5. The van der Waals surface area contributed by atoms with Crippen molar-refractivity contribution >= 4 is 23.3 Å². The summed E-state index contributed by atoms with van der Waals surface area (Å²) in [5.74, 6) is -1.92. The Morgan fingerprint density at radius 2 is 1.68 bits per heavy atom. The molecule has 160 valence electrons. The highest BCUT2D eigenvalue weighted by Gasteiger charge is 2.17. The summed E-state index contributed by atoms with van der Waals surface area (Å²) in [5.41, 5.74) is 3.10. The molecule has 3 aromatic rings. The van der Waals surface area contributed by atoms with Crippen LogP contribution in [0.2, 0.25) is 0 Å². The molecular weight excluding hydrogens is 401 g/mol. The molecule has 0 aliphatic carbocycles. The van der Waals surface area contributed by atoms with E-state index in [1.807, 2.05) is 37.3 Å². The number of aromatic nitrogens is 2. The number of hydrogen-bond acceptors (Lipinski definition) is 5. The number of esters is 1. The van der Waals surface area contributed by atoms with Crippen LogP contribution in [0.25, 0.3) is 5.69 Å². The zero-order valence-corrected chi connectivity index (χ0v) is 17.2. The highest BCUT2D eigenvalue weighted by Crippen LogP contribution is 2.22. The lowest BCUT2D eigenvalue weighted by Crippen LogP contribution is -2.21. The third kappa shape index (κ3) is 5.63. The van der Waals surface area contributed by atoms with Crippen LogP contribution in [0, 0.1) is 19.7 Å². The van der Waals surface area contributed by atoms with E-state index in [9.17, 15) is 18.8 Å². The monoisotopic (exact) mass is 423 g/mol. The van der Waals surface area contributed by atoms with Crippen LogP contribution >= 0.6 is 0 Å². The summed E-state index contributed by atoms with van der Waals surface area (Å²) in [4.78, 5) is 36.1. The van der Waals surface area contributed by atoms with Gasteiger partial charge in [0.2, 0.25) is 0 Å². The van der Waals surface area contributed by atoms with Gasteiger partial charge in [0, 0.05) is 12.0 Å². The third-order valence-corrected chi connectivity index (χ3v) is 4.64. The predicted octanol–water partition coefficient (Wildman–Crippen LogP) is 3.77. The van der Waals surface area contributed by atoms with Crippen molar-refractivity contribution in [1.82, 2.24) is 9.78 Å². The van der Waals surface area contributed by atoms with Crippen LogP contribution in [0.15, 0.2) is 54.6 Å². The van der Waals surface area contributed by atoms with Gasteiger partial charge in [-0.2, -0.15) is 5.10 Å². The standard InChI is InChI=1S/C23H22FN3O4/c1-15-23(16(2)27(26-15)19-6-4-3-5-7-19)25-21(29)14-31-22(30)13-12-20(28)17-8-10-18(24)11-9-17/h3-11H,12-14H2,1-2H3,(H,25,29). The van der Waals surface area contributed by atoms with Crippen LogP contribution in [0.4, 0.5) is 10.1 Å². The molecule has 0 aliphatic heterocycles. The largest absolute Gasteiger partial charge is 0.456 e. The molecule has 0 spiro atoms. The van der Waals surface area contributed by atoms with Crippen molar-refractivity contribution < 1.29 is 23.5 Å². The number of carbonyl (C=O) groups is 3. The topological polar surface area (TPSA) is 90.3 Å². The van der Waals surface area contributed by atoms with E-state index in [0.717, 1.165) is 11.4 Å². The lowest BCUT2D eigenvalue weighted by molar-refractivity contribution is -0.147. The summed E-state index contributed by atoms with van der Waals surface area (Å²) in [6.45, 7) is 3.13. The molecule has 0 fully saturated rings. The number of benzene rings is 2. The Hall–Kier alpha value is -3.81. The number of anilines is 1. The molecule has 3 rings (SSSR count). The van der Waals surface area contributed by atoms with Gasteiger partial charge in [0.05, 0.1) is 29.2 Å². The third-order valence-electron chi connectivity index (χ3n) is 4.64. The van der Waals surface area contributed by atoms with Crippen LogP contribution in [0.1, 0.15) is 34.6 Å². The number of hydrogen-bond donors (Lipinski definition) is 1. The molecule has 0 unspecified atom stereocenters. The molecule has 0 bridgehead atoms. The first-order valence-electron chi connectivity index (χ1n) is 9.71. The first-order chi connectivity index (χ1) is 14.8. The maximum absolute atomic E-state index is 12.9. The highest BCUT2D eigenvalue weighted by molar-refractivity contribution is 5.98. The zero-order valence-electron chi connectivity index (χ0n) is 17.2. The maximum Gasteiger partial charge on any atom is 0.306 e. The van der Waals surface area contributed by atoms with Crippen LogP contribution in [0.3, 0.4) is 0 Å². The fourth-order valence-corrected chi connectivity index (χ4v) is 3.03. The van der Waals surface area contributed by atoms with Gasteiger partial charge in [-0.25, -0.2) is 9.07 Å². The first-order valence-corrected chi connectivity index (χ1v) is 9.71. The number of halogens is 1. The maximum atomic E-state index is 12.9. The molecule has 7 nitrogen and oxygen atoms in total. The SMILES string of the molecule is Cc1nn(-c2ccccc2)c(C)c1NC(=O)COC(=O)CCC(=O)c1ccc(F)cc1. The van der Waals surface area contributed by atoms with Gasteiger partial charge in [0.15, 0.2) is 12.4 Å². The number of aryl methyl sites for hydroxylation is 1. The van der Waals surface area contributed by atoms with Gasteiger partial charge in [-0.05, 0) is 50.2 Å². The fraction of sp³-hybridized carbons (Fsp3) is 0.217. The summed E-state index contributed by atoms with van der Waals surface area (Å²) in [6, 6.07) is 14.6. The van der Waals surface area contributed by atoms with Crippen LogP contribution in [-0.2, 0) is 14.3 Å². The minimum atomic E-state index is -0.668. The molecule has 31 heavy (non-hydrogen) atoms. The van der Waals surface area contributed by atoms with Crippen molar-refractivity contribution in [3.05, 3.63) is 77.4 Å². The Morgan fingerprint density at radius 3 is 2.35 bits per heavy atom. The number of nitrogens with zero attached hydrogens (tertiary/aromatic N) is 2. The summed E-state index contributed by atoms with van der Waals surface area (Å²) < 4.78 is 19.6. The number of carbonyl (C=O) groups excluding carboxylic acids is 3. The Bertz CT molecular complexity index is 1090. The zero-order chi connectivity index (χ0) is 22.4. The van der Waals surface area contributed by atoms with E-state index >= 15 is 0 Å². The Labute approximate surface area is 178 Å². The molecule has 1 aromatic heterocycles. The van der Waals surface area contributed by atoms with E-state index < -0.39 is 24.3 Å². The molecule has 2 aromatic carbocycles. The second-order valence-electron chi connectivity index (χ2n) is 6.93. The summed E-state index contributed by atoms with van der Waals surface area (Å²) >= 11 is 0. The second-order valence-corrected chi connectivity index (χ2v) is 6.93. The number of Topliss-reactive ketones (excluding diaryl/α,β-unsaturated/α-hetero) is 1. The van der Waals surface area contributed by atoms with E-state index in [1.165, 1.54) is 24.3 Å². The van der Waals surface area contributed by atoms with Gasteiger partial charge in [-0.1, -0.05) is 18.2 Å². The van der Waals surface area contributed by atoms with E-state index in [1.54, 1.807) is 11.6 Å². The molecule has 0 radical (unpaired) electrons. The summed E-state index contributed by atoms with van der Waals surface area (Å²) in [7, 11) is 0. The molecule has 1 N–H and O–H groups in total. The highest BCUT2D eigenvalue weighted by atomic mass is 19.1. The van der Waals surface area contributed by atoms with Crippen LogP contribution in [-0.4, -0.2) is 34.0 Å². The molecule has 0 saturated carbocycles. The average molecular weight is 423 g/mol. The summed E-state index contributed by atoms with van der Waals surface area (Å²) in [6.07, 6.45) is -0.262. The lowest BCUT2D eigenvalue weighted by Gasteiger charge is -2.08. The molecule has 8 heteroatoms. The number of ketones is 1. The number of ether oxygens (including phenoxy) is 1. The smallest absolute Gasteiger partial charge is 0.306 e. The van der Waals surface area contributed by atoms with Crippen molar-refractivity contribution in [3.63, 3.8) is 0 Å². The van der Waals surface area contributed by atoms with Crippen molar-refractivity contribution in [1.29, 1.82) is 0 Å². The van der Waals surface area contributed by atoms with E-state index in [4.69, 9.17) is 4.74 Å². The van der Waals surface area contributed by atoms with Gasteiger partial charge in [-0.3, -0.25) is 14.4 Å². The van der Waals surface area contributed by atoms with E-state index in [0.29, 0.717) is 16.9 Å². The van der Waals surface area contributed by atoms with Crippen molar-refractivity contribution in [2.75, 3.05) is 11.9 Å².